The molecule has 0 unspecified atom stereocenters. The highest BCUT2D eigenvalue weighted by Gasteiger charge is 2.13. The molecule has 3 aromatic rings. The van der Waals surface area contributed by atoms with Crippen molar-refractivity contribution < 1.29 is 4.74 Å². The second-order valence-electron chi connectivity index (χ2n) is 5.68. The van der Waals surface area contributed by atoms with Crippen molar-refractivity contribution in [3.63, 3.8) is 0 Å². The van der Waals surface area contributed by atoms with Gasteiger partial charge in [-0.25, -0.2) is 15.0 Å². The van der Waals surface area contributed by atoms with E-state index in [-0.39, 0.29) is 12.6 Å². The van der Waals surface area contributed by atoms with Crippen LogP contribution < -0.4 is 20.7 Å². The molecule has 1 aliphatic rings. The van der Waals surface area contributed by atoms with Crippen molar-refractivity contribution in [2.75, 3.05) is 36.8 Å². The van der Waals surface area contributed by atoms with Gasteiger partial charge < -0.3 is 20.7 Å². The van der Waals surface area contributed by atoms with E-state index in [1.165, 1.54) is 6.33 Å². The Kier molecular flexibility index (Phi) is 4.51. The lowest BCUT2D eigenvalue weighted by Crippen LogP contribution is -2.44. The summed E-state index contributed by atoms with van der Waals surface area (Å²) in [6, 6.07) is 1.66. The molecule has 11 heteroatoms. The van der Waals surface area contributed by atoms with E-state index in [2.05, 4.69) is 45.3 Å². The Bertz CT molecular complexity index is 876. The fraction of sp³-hybridized carbons (Fsp3) is 0.333. The van der Waals surface area contributed by atoms with E-state index >= 15 is 0 Å². The number of nitrogen functional groups attached to an aromatic ring is 1. The molecular weight excluding hydrogens is 336 g/mol. The molecule has 11 nitrogen and oxygen atoms in total. The van der Waals surface area contributed by atoms with E-state index in [0.717, 1.165) is 37.7 Å². The molecule has 4 N–H and O–H groups in total. The second-order valence-corrected chi connectivity index (χ2v) is 5.68. The molecule has 0 amide bonds. The maximum absolute atomic E-state index is 5.73. The summed E-state index contributed by atoms with van der Waals surface area (Å²) in [5, 5.41) is 9.80. The first-order chi connectivity index (χ1) is 12.8. The number of nitrogens with two attached hydrogens (primary N) is 1. The lowest BCUT2D eigenvalue weighted by molar-refractivity contribution is 0.288. The van der Waals surface area contributed by atoms with Gasteiger partial charge in [0.25, 0.3) is 0 Å². The number of H-pyrrole nitrogens is 1. The van der Waals surface area contributed by atoms with Gasteiger partial charge >= 0.3 is 0 Å². The molecule has 0 aliphatic carbocycles. The molecule has 0 bridgehead atoms. The molecule has 134 valence electrons. The van der Waals surface area contributed by atoms with E-state index in [9.17, 15) is 0 Å². The fourth-order valence-corrected chi connectivity index (χ4v) is 2.60. The smallest absolute Gasteiger partial charge is 0.239 e. The Morgan fingerprint density at radius 3 is 2.85 bits per heavy atom. The van der Waals surface area contributed by atoms with Crippen molar-refractivity contribution in [2.45, 2.75) is 6.61 Å². The van der Waals surface area contributed by atoms with Crippen LogP contribution in [-0.4, -0.2) is 61.3 Å². The zero-order valence-electron chi connectivity index (χ0n) is 14.0. The van der Waals surface area contributed by atoms with Crippen LogP contribution in [-0.2, 0) is 6.61 Å². The van der Waals surface area contributed by atoms with Gasteiger partial charge in [-0.15, -0.1) is 5.10 Å². The standard InChI is InChI=1S/C15H18N10O/c16-15-22-14(23-24-15)11-5-13(20-9-19-11)26-8-10-6-18-7-12(21-10)25-3-1-17-2-4-25/h5-7,9,17H,1-4,8H2,(H3,16,22,23,24). The summed E-state index contributed by atoms with van der Waals surface area (Å²) < 4.78 is 5.73. The first-order valence-corrected chi connectivity index (χ1v) is 8.17. The molecule has 0 spiro atoms. The third-order valence-electron chi connectivity index (χ3n) is 3.87. The van der Waals surface area contributed by atoms with Gasteiger partial charge in [0, 0.05) is 32.2 Å². The Morgan fingerprint density at radius 1 is 1.15 bits per heavy atom. The van der Waals surface area contributed by atoms with Gasteiger partial charge in [0.15, 0.2) is 5.82 Å². The number of rotatable bonds is 5. The number of aromatic nitrogens is 7. The van der Waals surface area contributed by atoms with Gasteiger partial charge in [0.05, 0.1) is 18.1 Å². The van der Waals surface area contributed by atoms with E-state index in [0.29, 0.717) is 17.4 Å². The predicted molar refractivity (Wildman–Crippen MR) is 93.3 cm³/mol. The van der Waals surface area contributed by atoms with Gasteiger partial charge in [-0.05, 0) is 0 Å². The van der Waals surface area contributed by atoms with Crippen molar-refractivity contribution in [1.82, 2.24) is 40.4 Å². The molecule has 0 atom stereocenters. The minimum absolute atomic E-state index is 0.154. The predicted octanol–water partition coefficient (Wildman–Crippen LogP) is -0.378. The van der Waals surface area contributed by atoms with Crippen LogP contribution in [0.25, 0.3) is 11.5 Å². The van der Waals surface area contributed by atoms with Gasteiger partial charge in [-0.1, -0.05) is 0 Å². The van der Waals surface area contributed by atoms with Crippen LogP contribution in [0.1, 0.15) is 5.69 Å². The normalized spacial score (nSPS) is 14.4. The zero-order chi connectivity index (χ0) is 17.8. The number of hydrogen-bond acceptors (Lipinski definition) is 10. The molecule has 1 saturated heterocycles. The summed E-state index contributed by atoms with van der Waals surface area (Å²) >= 11 is 0. The number of ether oxygens (including phenoxy) is 1. The number of piperazine rings is 1. The number of aromatic amines is 1. The van der Waals surface area contributed by atoms with Gasteiger partial charge in [0.2, 0.25) is 11.8 Å². The lowest BCUT2D eigenvalue weighted by Gasteiger charge is -2.28. The summed E-state index contributed by atoms with van der Waals surface area (Å²) in [6.45, 7) is 3.96. The molecule has 4 rings (SSSR count). The number of nitrogens with zero attached hydrogens (tertiary/aromatic N) is 7. The first-order valence-electron chi connectivity index (χ1n) is 8.17. The third kappa shape index (κ3) is 3.67. The molecule has 26 heavy (non-hydrogen) atoms. The summed E-state index contributed by atoms with van der Waals surface area (Å²) in [4.78, 5) is 23.4. The SMILES string of the molecule is Nc1n[nH]c(-c2cc(OCc3cncc(N4CCNCC4)n3)ncn2)n1. The van der Waals surface area contributed by atoms with Gasteiger partial charge in [-0.2, -0.15) is 4.98 Å². The maximum atomic E-state index is 5.73. The highest BCUT2D eigenvalue weighted by molar-refractivity contribution is 5.51. The van der Waals surface area contributed by atoms with Crippen molar-refractivity contribution in [2.24, 2.45) is 0 Å². The molecule has 0 saturated carbocycles. The largest absolute Gasteiger partial charge is 0.471 e. The number of hydrogen-bond donors (Lipinski definition) is 3. The maximum Gasteiger partial charge on any atom is 0.239 e. The topological polar surface area (TPSA) is 144 Å². The van der Waals surface area contributed by atoms with Crippen molar-refractivity contribution in [1.29, 1.82) is 0 Å². The molecule has 1 fully saturated rings. The molecule has 3 aromatic heterocycles. The van der Waals surface area contributed by atoms with E-state index < -0.39 is 0 Å². The zero-order valence-corrected chi connectivity index (χ0v) is 14.0. The highest BCUT2D eigenvalue weighted by atomic mass is 16.5. The Balaban J connectivity index is 1.44. The van der Waals surface area contributed by atoms with Crippen LogP contribution in [0, 0.1) is 0 Å². The average molecular weight is 354 g/mol. The third-order valence-corrected chi connectivity index (χ3v) is 3.87. The van der Waals surface area contributed by atoms with Crippen molar-refractivity contribution in [3.05, 3.63) is 30.5 Å². The molecule has 1 aliphatic heterocycles. The Morgan fingerprint density at radius 2 is 2.04 bits per heavy atom. The summed E-state index contributed by atoms with van der Waals surface area (Å²) in [5.74, 6) is 1.86. The molecular formula is C15H18N10O. The van der Waals surface area contributed by atoms with E-state index in [4.69, 9.17) is 10.5 Å². The number of anilines is 2. The minimum Gasteiger partial charge on any atom is -0.471 e. The van der Waals surface area contributed by atoms with Crippen LogP contribution >= 0.6 is 0 Å². The van der Waals surface area contributed by atoms with Crippen LogP contribution in [0.15, 0.2) is 24.8 Å². The summed E-state index contributed by atoms with van der Waals surface area (Å²) in [5.41, 5.74) is 6.78. The van der Waals surface area contributed by atoms with Crippen LogP contribution in [0.3, 0.4) is 0 Å². The Labute approximate surface area is 149 Å². The van der Waals surface area contributed by atoms with Crippen molar-refractivity contribution >= 4 is 11.8 Å². The second kappa shape index (κ2) is 7.27. The van der Waals surface area contributed by atoms with Crippen LogP contribution in [0.5, 0.6) is 5.88 Å². The number of nitrogens with one attached hydrogen (secondary N) is 2. The lowest BCUT2D eigenvalue weighted by atomic mass is 10.3. The van der Waals surface area contributed by atoms with E-state index in [1.807, 2.05) is 0 Å². The van der Waals surface area contributed by atoms with Gasteiger partial charge in [0.1, 0.15) is 24.4 Å². The monoisotopic (exact) mass is 354 g/mol. The first kappa shape index (κ1) is 16.1. The fourth-order valence-electron chi connectivity index (χ4n) is 2.60. The molecule has 0 radical (unpaired) electrons. The minimum atomic E-state index is 0.154. The van der Waals surface area contributed by atoms with Crippen LogP contribution in [0.2, 0.25) is 0 Å². The van der Waals surface area contributed by atoms with Crippen molar-refractivity contribution in [3.8, 4) is 17.4 Å². The highest BCUT2D eigenvalue weighted by Crippen LogP contribution is 2.17. The van der Waals surface area contributed by atoms with Crippen LogP contribution in [0.4, 0.5) is 11.8 Å². The van der Waals surface area contributed by atoms with E-state index in [1.54, 1.807) is 18.5 Å². The molecule has 4 heterocycles. The summed E-state index contributed by atoms with van der Waals surface area (Å²) in [7, 11) is 0. The quantitative estimate of drug-likeness (QED) is 0.554. The summed E-state index contributed by atoms with van der Waals surface area (Å²) in [6.07, 6.45) is 4.85. The van der Waals surface area contributed by atoms with Gasteiger partial charge in [-0.3, -0.25) is 10.1 Å². The Hall–Kier alpha value is -3.34. The molecule has 0 aromatic carbocycles. The average Bonchev–Trinajstić information content (AvgIpc) is 3.14.